The third-order valence-corrected chi connectivity index (χ3v) is 1.86. The van der Waals surface area contributed by atoms with Crippen molar-refractivity contribution in [2.75, 3.05) is 7.05 Å². The zero-order chi connectivity index (χ0) is 12.3. The maximum absolute atomic E-state index is 11.2. The summed E-state index contributed by atoms with van der Waals surface area (Å²) >= 11 is 0. The number of carbonyl (C=O) groups excluding carboxylic acids is 1. The van der Waals surface area contributed by atoms with E-state index in [1.807, 2.05) is 0 Å². The third-order valence-electron chi connectivity index (χ3n) is 1.86. The minimum atomic E-state index is -0.898. The first kappa shape index (κ1) is 11.6. The largest absolute Gasteiger partial charge is 0.355 e. The van der Waals surface area contributed by atoms with Crippen molar-refractivity contribution in [1.29, 1.82) is 0 Å². The minimum absolute atomic E-state index is 0.000185. The predicted octanol–water partition coefficient (Wildman–Crippen LogP) is 0.863. The van der Waals surface area contributed by atoms with Gasteiger partial charge in [0, 0.05) is 24.7 Å². The maximum atomic E-state index is 11.2. The summed E-state index contributed by atoms with van der Waals surface area (Å²) in [6, 6.07) is 2.96. The van der Waals surface area contributed by atoms with Crippen LogP contribution in [-0.4, -0.2) is 22.8 Å². The number of nitro benzene ring substituents is 2. The Morgan fingerprint density at radius 1 is 1.19 bits per heavy atom. The normalized spacial score (nSPS) is 9.56. The van der Waals surface area contributed by atoms with Gasteiger partial charge in [-0.05, 0) is 6.07 Å². The molecule has 1 aromatic rings. The van der Waals surface area contributed by atoms with Crippen molar-refractivity contribution < 1.29 is 14.6 Å². The molecule has 1 amide bonds. The fraction of sp³-hybridized carbons (Fsp3) is 0.125. The summed E-state index contributed by atoms with van der Waals surface area (Å²) < 4.78 is 0. The van der Waals surface area contributed by atoms with Gasteiger partial charge in [-0.25, -0.2) is 0 Å². The molecule has 0 unspecified atom stereocenters. The number of hydrogen-bond donors (Lipinski definition) is 1. The van der Waals surface area contributed by atoms with Crippen LogP contribution in [0.4, 0.5) is 11.4 Å². The van der Waals surface area contributed by atoms with Gasteiger partial charge >= 0.3 is 11.4 Å². The first-order valence-corrected chi connectivity index (χ1v) is 4.12. The van der Waals surface area contributed by atoms with Crippen LogP contribution in [0.15, 0.2) is 18.2 Å². The zero-order valence-corrected chi connectivity index (χ0v) is 8.17. The number of rotatable bonds is 3. The molecule has 8 nitrogen and oxygen atoms in total. The second kappa shape index (κ2) is 4.34. The zero-order valence-electron chi connectivity index (χ0n) is 8.17. The van der Waals surface area contributed by atoms with Gasteiger partial charge in [-0.3, -0.25) is 25.0 Å². The van der Waals surface area contributed by atoms with Crippen LogP contribution >= 0.6 is 0 Å². The van der Waals surface area contributed by atoms with Crippen molar-refractivity contribution in [2.24, 2.45) is 0 Å². The molecule has 0 atom stereocenters. The summed E-state index contributed by atoms with van der Waals surface area (Å²) in [5.41, 5.74) is -1.34. The van der Waals surface area contributed by atoms with Crippen LogP contribution in [0.1, 0.15) is 10.4 Å². The van der Waals surface area contributed by atoms with E-state index in [-0.39, 0.29) is 5.56 Å². The number of nitrogens with one attached hydrogen (secondary N) is 1. The number of amides is 1. The van der Waals surface area contributed by atoms with Crippen molar-refractivity contribution in [1.82, 2.24) is 5.32 Å². The van der Waals surface area contributed by atoms with Gasteiger partial charge in [0.25, 0.3) is 5.91 Å². The number of carbonyl (C=O) groups is 1. The van der Waals surface area contributed by atoms with Crippen molar-refractivity contribution in [2.45, 2.75) is 0 Å². The minimum Gasteiger partial charge on any atom is -0.355 e. The van der Waals surface area contributed by atoms with E-state index < -0.39 is 27.1 Å². The van der Waals surface area contributed by atoms with E-state index in [9.17, 15) is 25.0 Å². The molecule has 0 spiro atoms. The van der Waals surface area contributed by atoms with Gasteiger partial charge < -0.3 is 5.32 Å². The first-order chi connectivity index (χ1) is 7.47. The van der Waals surface area contributed by atoms with Crippen molar-refractivity contribution in [3.63, 3.8) is 0 Å². The van der Waals surface area contributed by atoms with E-state index in [1.54, 1.807) is 0 Å². The highest BCUT2D eigenvalue weighted by atomic mass is 16.6. The summed E-state index contributed by atoms with van der Waals surface area (Å²) in [6.45, 7) is 0. The van der Waals surface area contributed by atoms with Crippen LogP contribution in [0.5, 0.6) is 0 Å². The Hall–Kier alpha value is -2.51. The lowest BCUT2D eigenvalue weighted by Gasteiger charge is -1.99. The molecular formula is C8H7N3O5. The van der Waals surface area contributed by atoms with E-state index in [0.29, 0.717) is 0 Å². The molecular weight excluding hydrogens is 218 g/mol. The summed E-state index contributed by atoms with van der Waals surface area (Å²) in [6.07, 6.45) is 0. The van der Waals surface area contributed by atoms with E-state index >= 15 is 0 Å². The average Bonchev–Trinajstić information content (AvgIpc) is 2.26. The molecule has 0 aliphatic carbocycles. The Kier molecular flexibility index (Phi) is 3.14. The molecule has 0 saturated carbocycles. The predicted molar refractivity (Wildman–Crippen MR) is 53.1 cm³/mol. The van der Waals surface area contributed by atoms with Crippen molar-refractivity contribution in [3.05, 3.63) is 44.0 Å². The van der Waals surface area contributed by atoms with Gasteiger partial charge in [0.1, 0.15) is 0 Å². The number of nitro groups is 2. The molecule has 1 N–H and O–H groups in total. The molecule has 0 radical (unpaired) electrons. The summed E-state index contributed by atoms with van der Waals surface area (Å²) in [5.74, 6) is -0.544. The first-order valence-electron chi connectivity index (χ1n) is 4.12. The van der Waals surface area contributed by atoms with E-state index in [1.165, 1.54) is 7.05 Å². The third kappa shape index (κ3) is 2.11. The van der Waals surface area contributed by atoms with Gasteiger partial charge in [0.2, 0.25) is 0 Å². The van der Waals surface area contributed by atoms with E-state index in [0.717, 1.165) is 18.2 Å². The Labute approximate surface area is 89.2 Å². The van der Waals surface area contributed by atoms with Gasteiger partial charge in [0.15, 0.2) is 0 Å². The maximum Gasteiger partial charge on any atom is 0.346 e. The topological polar surface area (TPSA) is 115 Å². The number of nitrogens with zero attached hydrogens (tertiary/aromatic N) is 2. The molecule has 0 aliphatic heterocycles. The highest BCUT2D eigenvalue weighted by Crippen LogP contribution is 2.27. The fourth-order valence-corrected chi connectivity index (χ4v) is 1.11. The quantitative estimate of drug-likeness (QED) is 0.605. The molecule has 0 bridgehead atoms. The van der Waals surface area contributed by atoms with Crippen LogP contribution in [0.2, 0.25) is 0 Å². The van der Waals surface area contributed by atoms with Crippen LogP contribution in [0.25, 0.3) is 0 Å². The lowest BCUT2D eigenvalue weighted by Crippen LogP contribution is -2.17. The monoisotopic (exact) mass is 225 g/mol. The lowest BCUT2D eigenvalue weighted by atomic mass is 10.1. The van der Waals surface area contributed by atoms with Crippen LogP contribution in [0.3, 0.4) is 0 Å². The van der Waals surface area contributed by atoms with Gasteiger partial charge in [-0.2, -0.15) is 0 Å². The molecule has 0 fully saturated rings. The van der Waals surface area contributed by atoms with Crippen LogP contribution in [0, 0.1) is 20.2 Å². The second-order valence-corrected chi connectivity index (χ2v) is 2.80. The summed E-state index contributed by atoms with van der Waals surface area (Å²) in [7, 11) is 1.36. The van der Waals surface area contributed by atoms with Crippen molar-refractivity contribution in [3.8, 4) is 0 Å². The highest BCUT2D eigenvalue weighted by Gasteiger charge is 2.25. The fourth-order valence-electron chi connectivity index (χ4n) is 1.11. The summed E-state index contributed by atoms with van der Waals surface area (Å²) in [5, 5.41) is 23.3. The van der Waals surface area contributed by atoms with Gasteiger partial charge in [-0.15, -0.1) is 0 Å². The smallest absolute Gasteiger partial charge is 0.346 e. The molecule has 0 heterocycles. The molecule has 0 aromatic heterocycles. The lowest BCUT2D eigenvalue weighted by molar-refractivity contribution is -0.422. The second-order valence-electron chi connectivity index (χ2n) is 2.80. The molecule has 0 aliphatic rings. The van der Waals surface area contributed by atoms with Gasteiger partial charge in [-0.1, -0.05) is 0 Å². The molecule has 1 aromatic carbocycles. The van der Waals surface area contributed by atoms with E-state index in [2.05, 4.69) is 5.32 Å². The Morgan fingerprint density at radius 3 is 2.19 bits per heavy atom. The van der Waals surface area contributed by atoms with Crippen LogP contribution in [-0.2, 0) is 0 Å². The van der Waals surface area contributed by atoms with E-state index in [4.69, 9.17) is 0 Å². The number of hydrogen-bond acceptors (Lipinski definition) is 5. The summed E-state index contributed by atoms with van der Waals surface area (Å²) in [4.78, 5) is 30.4. The molecule has 0 saturated heterocycles. The average molecular weight is 225 g/mol. The highest BCUT2D eigenvalue weighted by molar-refractivity contribution is 5.95. The Morgan fingerprint density at radius 2 is 1.75 bits per heavy atom. The standard InChI is InChI=1S/C8H7N3O5/c1-9-8(12)5-2-3-6(10(13)14)7(4-5)11(15)16/h2-4H,1H3,(H,9,12). The SMILES string of the molecule is CNC(=O)c1ccc([N+](=O)[O-])c([N+](=O)[O-])c1. The molecule has 1 rings (SSSR count). The molecule has 16 heavy (non-hydrogen) atoms. The van der Waals surface area contributed by atoms with Gasteiger partial charge in [0.05, 0.1) is 9.85 Å². The molecule has 84 valence electrons. The molecule has 8 heteroatoms. The Balaban J connectivity index is 3.34. The van der Waals surface area contributed by atoms with Crippen molar-refractivity contribution >= 4 is 17.3 Å². The number of benzene rings is 1. The Bertz CT molecular complexity index is 471. The van der Waals surface area contributed by atoms with Crippen LogP contribution < -0.4 is 5.32 Å².